The maximum atomic E-state index is 12.8. The Morgan fingerprint density at radius 2 is 1.76 bits per heavy atom. The van der Waals surface area contributed by atoms with Crippen molar-refractivity contribution in [1.29, 1.82) is 0 Å². The molecule has 8 atom stereocenters. The first-order valence-corrected chi connectivity index (χ1v) is 16.9. The first-order valence-electron chi connectivity index (χ1n) is 16.9. The molecule has 5 rings (SSSR count). The number of carbonyl (C=O) groups excluding carboxylic acids is 1. The Hall–Kier alpha value is -2.23. The van der Waals surface area contributed by atoms with Gasteiger partial charge in [-0.3, -0.25) is 0 Å². The molecule has 1 aromatic carbocycles. The molecule has 0 spiro atoms. The molecule has 4 nitrogen and oxygen atoms in total. The highest BCUT2D eigenvalue weighted by atomic mass is 16.5. The number of fused-ring (bicyclic) bond motifs is 5. The molecule has 0 heterocycles. The maximum Gasteiger partial charge on any atom is 0.331 e. The van der Waals surface area contributed by atoms with Gasteiger partial charge < -0.3 is 14.2 Å². The average Bonchev–Trinajstić information content (AvgIpc) is 3.33. The molecule has 42 heavy (non-hydrogen) atoms. The number of methoxy groups -OCH3 is 2. The van der Waals surface area contributed by atoms with Crippen LogP contribution in [0.4, 0.5) is 0 Å². The van der Waals surface area contributed by atoms with E-state index in [1.807, 2.05) is 18.2 Å². The van der Waals surface area contributed by atoms with E-state index in [1.165, 1.54) is 51.4 Å². The zero-order valence-corrected chi connectivity index (χ0v) is 27.4. The van der Waals surface area contributed by atoms with Gasteiger partial charge in [0, 0.05) is 12.5 Å². The normalized spacial score (nSPS) is 34.8. The minimum atomic E-state index is -0.263. The van der Waals surface area contributed by atoms with E-state index in [-0.39, 0.29) is 17.5 Å². The molecule has 0 N–H and O–H groups in total. The smallest absolute Gasteiger partial charge is 0.331 e. The van der Waals surface area contributed by atoms with Gasteiger partial charge in [-0.25, -0.2) is 4.79 Å². The van der Waals surface area contributed by atoms with Gasteiger partial charge >= 0.3 is 5.97 Å². The Kier molecular flexibility index (Phi) is 9.50. The summed E-state index contributed by atoms with van der Waals surface area (Å²) in [6.45, 7) is 12.5. The molecule has 3 saturated carbocycles. The lowest BCUT2D eigenvalue weighted by molar-refractivity contribution is -0.145. The van der Waals surface area contributed by atoms with E-state index in [0.717, 1.165) is 60.3 Å². The lowest BCUT2D eigenvalue weighted by atomic mass is 9.47. The van der Waals surface area contributed by atoms with E-state index in [1.54, 1.807) is 31.9 Å². The predicted molar refractivity (Wildman–Crippen MR) is 172 cm³/mol. The Morgan fingerprint density at radius 1 is 0.976 bits per heavy atom. The third-order valence-corrected chi connectivity index (χ3v) is 12.4. The van der Waals surface area contributed by atoms with Gasteiger partial charge in [0.05, 0.1) is 14.2 Å². The molecule has 3 fully saturated rings. The minimum absolute atomic E-state index is 0.0279. The van der Waals surface area contributed by atoms with Crippen LogP contribution in [-0.4, -0.2) is 26.3 Å². The molecule has 1 aromatic rings. The summed E-state index contributed by atoms with van der Waals surface area (Å²) in [4.78, 5) is 12.8. The Balaban J connectivity index is 1.20. The van der Waals surface area contributed by atoms with E-state index in [0.29, 0.717) is 16.9 Å². The molecule has 0 aliphatic heterocycles. The highest BCUT2D eigenvalue weighted by Crippen LogP contribution is 2.67. The van der Waals surface area contributed by atoms with Crippen molar-refractivity contribution in [3.63, 3.8) is 0 Å². The van der Waals surface area contributed by atoms with Crippen molar-refractivity contribution in [1.82, 2.24) is 0 Å². The average molecular weight is 577 g/mol. The summed E-state index contributed by atoms with van der Waals surface area (Å²) in [7, 11) is 3.24. The van der Waals surface area contributed by atoms with Gasteiger partial charge in [-0.05, 0) is 115 Å². The molecule has 0 unspecified atom stereocenters. The van der Waals surface area contributed by atoms with E-state index in [9.17, 15) is 4.79 Å². The number of esters is 1. The first kappa shape index (κ1) is 31.2. The second-order valence-electron chi connectivity index (χ2n) is 15.0. The van der Waals surface area contributed by atoms with Crippen LogP contribution in [0, 0.1) is 46.3 Å². The molecule has 232 valence electrons. The highest BCUT2D eigenvalue weighted by molar-refractivity contribution is 5.87. The fourth-order valence-electron chi connectivity index (χ4n) is 10.1. The van der Waals surface area contributed by atoms with Crippen molar-refractivity contribution in [2.45, 2.75) is 111 Å². The molecule has 0 saturated heterocycles. The first-order chi connectivity index (χ1) is 20.1. The summed E-state index contributed by atoms with van der Waals surface area (Å²) < 4.78 is 16.7. The van der Waals surface area contributed by atoms with Crippen LogP contribution in [0.1, 0.15) is 111 Å². The van der Waals surface area contributed by atoms with E-state index < -0.39 is 0 Å². The molecule has 0 amide bonds. The van der Waals surface area contributed by atoms with Gasteiger partial charge in [0.2, 0.25) is 0 Å². The lowest BCUT2D eigenvalue weighted by Crippen LogP contribution is -2.51. The molecular formula is C38H56O4. The molecule has 4 heteroatoms. The Bertz CT molecular complexity index is 1170. The molecular weight excluding hydrogens is 520 g/mol. The third kappa shape index (κ3) is 6.06. The SMILES string of the molecule is COc1ccc(C=CC(=O)O[C@H]2CC[C@@]3(C)C(=CC[C@@H]4[C@@H]5CC[C@@H]([C@H](C)CCCC(C)C)[C@@]5(C)CC[C@@H]43)C2)cc1OC. The number of allylic oxidation sites excluding steroid dienone is 1. The number of carbonyl (C=O) groups is 1. The Morgan fingerprint density at radius 3 is 2.50 bits per heavy atom. The fraction of sp³-hybridized carbons (Fsp3) is 0.711. The van der Waals surface area contributed by atoms with Gasteiger partial charge in [-0.1, -0.05) is 71.6 Å². The van der Waals surface area contributed by atoms with Crippen LogP contribution in [0.15, 0.2) is 35.9 Å². The van der Waals surface area contributed by atoms with Crippen molar-refractivity contribution in [3.05, 3.63) is 41.5 Å². The Labute approximate surface area is 255 Å². The minimum Gasteiger partial charge on any atom is -0.493 e. The zero-order valence-electron chi connectivity index (χ0n) is 27.4. The number of hydrogen-bond acceptors (Lipinski definition) is 4. The molecule has 4 aliphatic rings. The molecule has 4 aliphatic carbocycles. The molecule has 0 bridgehead atoms. The summed E-state index contributed by atoms with van der Waals surface area (Å²) in [5.74, 6) is 6.12. The molecule has 0 aromatic heterocycles. The quantitative estimate of drug-likeness (QED) is 0.158. The highest BCUT2D eigenvalue weighted by Gasteiger charge is 2.59. The fourth-order valence-corrected chi connectivity index (χ4v) is 10.1. The van der Waals surface area contributed by atoms with E-state index in [2.05, 4.69) is 40.7 Å². The van der Waals surface area contributed by atoms with Gasteiger partial charge in [0.25, 0.3) is 0 Å². The summed E-state index contributed by atoms with van der Waals surface area (Å²) in [5, 5.41) is 0. The van der Waals surface area contributed by atoms with Crippen LogP contribution in [0.5, 0.6) is 11.5 Å². The van der Waals surface area contributed by atoms with Gasteiger partial charge in [0.1, 0.15) is 6.10 Å². The monoisotopic (exact) mass is 576 g/mol. The van der Waals surface area contributed by atoms with Gasteiger partial charge in [0.15, 0.2) is 11.5 Å². The third-order valence-electron chi connectivity index (χ3n) is 12.4. The lowest BCUT2D eigenvalue weighted by Gasteiger charge is -2.58. The van der Waals surface area contributed by atoms with Crippen LogP contribution in [0.25, 0.3) is 6.08 Å². The summed E-state index contributed by atoms with van der Waals surface area (Å²) in [6.07, 6.45) is 19.9. The predicted octanol–water partition coefficient (Wildman–Crippen LogP) is 9.67. The summed E-state index contributed by atoms with van der Waals surface area (Å²) in [5.41, 5.74) is 3.23. The number of rotatable bonds is 10. The van der Waals surface area contributed by atoms with E-state index in [4.69, 9.17) is 14.2 Å². The van der Waals surface area contributed by atoms with Crippen LogP contribution in [0.3, 0.4) is 0 Å². The summed E-state index contributed by atoms with van der Waals surface area (Å²) in [6, 6.07) is 5.63. The maximum absolute atomic E-state index is 12.8. The standard InChI is InChI=1S/C38H56O4/c1-25(2)9-8-10-26(3)31-15-16-32-30-14-13-28-24-29(19-21-37(28,4)33(30)20-22-38(31,32)5)42-36(39)18-12-27-11-17-34(40-6)35(23-27)41-7/h11-13,17-18,23,25-26,29-33H,8-10,14-16,19-22,24H2,1-7H3/t26-,29+,30-,31+,32+,33+,37+,38-/m1/s1. The second-order valence-corrected chi connectivity index (χ2v) is 15.0. The van der Waals surface area contributed by atoms with Crippen molar-refractivity contribution in [3.8, 4) is 11.5 Å². The van der Waals surface area contributed by atoms with Crippen LogP contribution in [-0.2, 0) is 9.53 Å². The summed E-state index contributed by atoms with van der Waals surface area (Å²) >= 11 is 0. The number of hydrogen-bond donors (Lipinski definition) is 0. The van der Waals surface area contributed by atoms with Gasteiger partial charge in [-0.15, -0.1) is 0 Å². The van der Waals surface area contributed by atoms with Crippen molar-refractivity contribution in [2.24, 2.45) is 46.3 Å². The molecule has 0 radical (unpaired) electrons. The van der Waals surface area contributed by atoms with Crippen LogP contribution < -0.4 is 9.47 Å². The van der Waals surface area contributed by atoms with Crippen molar-refractivity contribution >= 4 is 12.0 Å². The number of ether oxygens (including phenoxy) is 3. The van der Waals surface area contributed by atoms with Crippen LogP contribution in [0.2, 0.25) is 0 Å². The van der Waals surface area contributed by atoms with Crippen molar-refractivity contribution in [2.75, 3.05) is 14.2 Å². The van der Waals surface area contributed by atoms with Crippen LogP contribution >= 0.6 is 0 Å². The topological polar surface area (TPSA) is 44.8 Å². The second kappa shape index (κ2) is 12.8. The van der Waals surface area contributed by atoms with Gasteiger partial charge in [-0.2, -0.15) is 0 Å². The van der Waals surface area contributed by atoms with E-state index >= 15 is 0 Å². The number of benzene rings is 1. The largest absolute Gasteiger partial charge is 0.493 e. The zero-order chi connectivity index (χ0) is 30.1. The van der Waals surface area contributed by atoms with Crippen molar-refractivity contribution < 1.29 is 19.0 Å².